The van der Waals surface area contributed by atoms with Crippen molar-refractivity contribution >= 4 is 33.2 Å². The molecule has 3 nitrogen and oxygen atoms in total. The van der Waals surface area contributed by atoms with E-state index in [0.29, 0.717) is 6.54 Å². The number of aryl methyl sites for hydroxylation is 2. The Hall–Kier alpha value is -0.840. The Kier molecular flexibility index (Phi) is 3.86. The topological polar surface area (TPSA) is 48.1 Å². The number of thiazole rings is 1. The monoisotopic (exact) mass is 270 g/mol. The van der Waals surface area contributed by atoms with Gasteiger partial charge in [-0.1, -0.05) is 11.6 Å². The Morgan fingerprint density at radius 1 is 1.53 bits per heavy atom. The number of rotatable bonds is 4. The van der Waals surface area contributed by atoms with Gasteiger partial charge in [-0.2, -0.15) is 0 Å². The molecule has 1 aromatic heterocycles. The largest absolute Gasteiger partial charge is 0.494 e. The number of hydrogen-bond acceptors (Lipinski definition) is 4. The summed E-state index contributed by atoms with van der Waals surface area (Å²) in [5, 5.41) is 1.82. The first-order valence-electron chi connectivity index (χ1n) is 5.50. The maximum Gasteiger partial charge on any atom is 0.147 e. The van der Waals surface area contributed by atoms with E-state index in [-0.39, 0.29) is 0 Å². The zero-order chi connectivity index (χ0) is 12.4. The van der Waals surface area contributed by atoms with Crippen LogP contribution in [-0.2, 0) is 6.42 Å². The molecule has 0 bridgehead atoms. The molecule has 0 aliphatic carbocycles. The fourth-order valence-electron chi connectivity index (χ4n) is 1.70. The second-order valence-corrected chi connectivity index (χ2v) is 5.35. The predicted octanol–water partition coefficient (Wildman–Crippen LogP) is 3.16. The number of aromatic nitrogens is 1. The van der Waals surface area contributed by atoms with Crippen molar-refractivity contribution in [3.8, 4) is 5.75 Å². The average molecular weight is 271 g/mol. The van der Waals surface area contributed by atoms with Crippen LogP contribution in [0.2, 0.25) is 5.02 Å². The SMILES string of the molecule is COc1cc(Cl)c(C)c2sc(CCCN)nc12. The van der Waals surface area contributed by atoms with E-state index in [2.05, 4.69) is 4.98 Å². The van der Waals surface area contributed by atoms with Crippen molar-refractivity contribution < 1.29 is 4.74 Å². The summed E-state index contributed by atoms with van der Waals surface area (Å²) in [6, 6.07) is 1.83. The highest BCUT2D eigenvalue weighted by molar-refractivity contribution is 7.18. The molecule has 0 atom stereocenters. The van der Waals surface area contributed by atoms with Crippen LogP contribution in [0.5, 0.6) is 5.75 Å². The molecule has 0 fully saturated rings. The standard InChI is InChI=1S/C12H15ClN2OS/c1-7-8(13)6-9(16-2)11-12(7)17-10(15-11)4-3-5-14/h6H,3-5,14H2,1-2H3. The van der Waals surface area contributed by atoms with E-state index in [0.717, 1.165) is 44.4 Å². The third-order valence-electron chi connectivity index (χ3n) is 2.68. The van der Waals surface area contributed by atoms with E-state index in [1.54, 1.807) is 18.4 Å². The molecular weight excluding hydrogens is 256 g/mol. The molecule has 0 aliphatic rings. The normalized spacial score (nSPS) is 11.1. The van der Waals surface area contributed by atoms with E-state index in [4.69, 9.17) is 22.1 Å². The van der Waals surface area contributed by atoms with Crippen LogP contribution in [0.1, 0.15) is 17.0 Å². The molecule has 0 radical (unpaired) electrons. The number of hydrogen-bond donors (Lipinski definition) is 1. The van der Waals surface area contributed by atoms with Gasteiger partial charge in [0.2, 0.25) is 0 Å². The van der Waals surface area contributed by atoms with E-state index < -0.39 is 0 Å². The van der Waals surface area contributed by atoms with Crippen LogP contribution in [0.25, 0.3) is 10.2 Å². The van der Waals surface area contributed by atoms with Gasteiger partial charge in [-0.25, -0.2) is 4.98 Å². The van der Waals surface area contributed by atoms with Crippen LogP contribution < -0.4 is 10.5 Å². The van der Waals surface area contributed by atoms with Crippen molar-refractivity contribution in [3.63, 3.8) is 0 Å². The summed E-state index contributed by atoms with van der Waals surface area (Å²) < 4.78 is 6.43. The van der Waals surface area contributed by atoms with E-state index in [1.807, 2.05) is 13.0 Å². The molecule has 2 N–H and O–H groups in total. The molecule has 0 amide bonds. The van der Waals surface area contributed by atoms with Crippen LogP contribution in [0.15, 0.2) is 6.07 Å². The molecule has 2 aromatic rings. The van der Waals surface area contributed by atoms with Gasteiger partial charge in [-0.05, 0) is 25.5 Å². The molecule has 0 aliphatic heterocycles. The van der Waals surface area contributed by atoms with Crippen LogP contribution in [0.4, 0.5) is 0 Å². The van der Waals surface area contributed by atoms with Crippen LogP contribution in [0, 0.1) is 6.92 Å². The van der Waals surface area contributed by atoms with E-state index in [1.165, 1.54) is 0 Å². The number of nitrogens with zero attached hydrogens (tertiary/aromatic N) is 1. The maximum absolute atomic E-state index is 6.16. The van der Waals surface area contributed by atoms with Crippen LogP contribution >= 0.6 is 22.9 Å². The van der Waals surface area contributed by atoms with Gasteiger partial charge < -0.3 is 10.5 Å². The zero-order valence-electron chi connectivity index (χ0n) is 9.92. The van der Waals surface area contributed by atoms with Gasteiger partial charge in [0.05, 0.1) is 16.8 Å². The Morgan fingerprint density at radius 3 is 2.94 bits per heavy atom. The summed E-state index contributed by atoms with van der Waals surface area (Å²) in [7, 11) is 1.64. The fourth-order valence-corrected chi connectivity index (χ4v) is 3.08. The Balaban J connectivity index is 2.54. The summed E-state index contributed by atoms with van der Waals surface area (Å²) in [4.78, 5) is 4.60. The number of fused-ring (bicyclic) bond motifs is 1. The molecule has 0 saturated carbocycles. The molecule has 1 aromatic carbocycles. The first-order chi connectivity index (χ1) is 8.17. The second kappa shape index (κ2) is 5.21. The number of ether oxygens (including phenoxy) is 1. The molecule has 5 heteroatoms. The minimum atomic E-state index is 0.687. The third-order valence-corrected chi connectivity index (χ3v) is 4.30. The number of benzene rings is 1. The minimum Gasteiger partial charge on any atom is -0.494 e. The molecule has 2 rings (SSSR count). The number of nitrogens with two attached hydrogens (primary N) is 1. The Labute approximate surface area is 110 Å². The summed E-state index contributed by atoms with van der Waals surface area (Å²) in [5.74, 6) is 0.742. The van der Waals surface area contributed by atoms with Crippen molar-refractivity contribution in [2.24, 2.45) is 5.73 Å². The average Bonchev–Trinajstić information content (AvgIpc) is 2.75. The van der Waals surface area contributed by atoms with Gasteiger partial charge in [0, 0.05) is 17.5 Å². The van der Waals surface area contributed by atoms with Gasteiger partial charge in [0.15, 0.2) is 0 Å². The smallest absolute Gasteiger partial charge is 0.147 e. The highest BCUT2D eigenvalue weighted by atomic mass is 35.5. The molecule has 0 unspecified atom stereocenters. The summed E-state index contributed by atoms with van der Waals surface area (Å²) in [6.45, 7) is 2.70. The van der Waals surface area contributed by atoms with Crippen molar-refractivity contribution in [2.45, 2.75) is 19.8 Å². The van der Waals surface area contributed by atoms with Crippen molar-refractivity contribution in [1.29, 1.82) is 0 Å². The van der Waals surface area contributed by atoms with Gasteiger partial charge in [-0.3, -0.25) is 0 Å². The molecule has 92 valence electrons. The van der Waals surface area contributed by atoms with Gasteiger partial charge >= 0.3 is 0 Å². The van der Waals surface area contributed by atoms with Crippen molar-refractivity contribution in [2.75, 3.05) is 13.7 Å². The minimum absolute atomic E-state index is 0.687. The van der Waals surface area contributed by atoms with E-state index in [9.17, 15) is 0 Å². The lowest BCUT2D eigenvalue weighted by atomic mass is 10.2. The van der Waals surface area contributed by atoms with Gasteiger partial charge in [-0.15, -0.1) is 11.3 Å². The summed E-state index contributed by atoms with van der Waals surface area (Å²) >= 11 is 7.84. The van der Waals surface area contributed by atoms with Crippen LogP contribution in [0.3, 0.4) is 0 Å². The fraction of sp³-hybridized carbons (Fsp3) is 0.417. The summed E-state index contributed by atoms with van der Waals surface area (Å²) in [5.41, 5.74) is 7.49. The highest BCUT2D eigenvalue weighted by Crippen LogP contribution is 2.37. The third kappa shape index (κ3) is 2.39. The molecule has 1 heterocycles. The lowest BCUT2D eigenvalue weighted by Gasteiger charge is -2.04. The van der Waals surface area contributed by atoms with Crippen molar-refractivity contribution in [1.82, 2.24) is 4.98 Å². The highest BCUT2D eigenvalue weighted by Gasteiger charge is 2.13. The molecule has 17 heavy (non-hydrogen) atoms. The quantitative estimate of drug-likeness (QED) is 0.928. The predicted molar refractivity (Wildman–Crippen MR) is 73.3 cm³/mol. The number of methoxy groups -OCH3 is 1. The lowest BCUT2D eigenvalue weighted by molar-refractivity contribution is 0.419. The second-order valence-electron chi connectivity index (χ2n) is 3.86. The maximum atomic E-state index is 6.16. The first kappa shape index (κ1) is 12.6. The lowest BCUT2D eigenvalue weighted by Crippen LogP contribution is -1.99. The Morgan fingerprint density at radius 2 is 2.29 bits per heavy atom. The number of halogens is 1. The molecule has 0 saturated heterocycles. The van der Waals surface area contributed by atoms with Gasteiger partial charge in [0.1, 0.15) is 11.3 Å². The first-order valence-corrected chi connectivity index (χ1v) is 6.69. The molecular formula is C12H15ClN2OS. The van der Waals surface area contributed by atoms with Crippen LogP contribution in [-0.4, -0.2) is 18.6 Å². The summed E-state index contributed by atoms with van der Waals surface area (Å²) in [6.07, 6.45) is 1.87. The Bertz CT molecular complexity index is 539. The van der Waals surface area contributed by atoms with Gasteiger partial charge in [0.25, 0.3) is 0 Å². The molecule has 0 spiro atoms. The van der Waals surface area contributed by atoms with E-state index >= 15 is 0 Å². The van der Waals surface area contributed by atoms with Crippen molar-refractivity contribution in [3.05, 3.63) is 21.7 Å². The zero-order valence-corrected chi connectivity index (χ0v) is 11.5.